The minimum Gasteiger partial charge on any atom is -0.468 e. The second-order valence-electron chi connectivity index (χ2n) is 10.4. The van der Waals surface area contributed by atoms with E-state index in [9.17, 15) is 9.50 Å². The number of fused-ring (bicyclic) bond motifs is 2. The van der Waals surface area contributed by atoms with Gasteiger partial charge in [-0.3, -0.25) is 4.99 Å². The Morgan fingerprint density at radius 1 is 1.12 bits per heavy atom. The zero-order chi connectivity index (χ0) is 28.0. The molecule has 2 fully saturated rings. The third-order valence-electron chi connectivity index (χ3n) is 7.70. The number of aryl methyl sites for hydroxylation is 2. The quantitative estimate of drug-likeness (QED) is 0.288. The molecule has 7 nitrogen and oxygen atoms in total. The van der Waals surface area contributed by atoms with Crippen molar-refractivity contribution in [2.45, 2.75) is 63.6 Å². The number of amidine groups is 1. The predicted molar refractivity (Wildman–Crippen MR) is 148 cm³/mol. The number of aliphatic imine (C=N–C) groups is 1. The standard InChI is InChI=1S/C30H30ClF2N3O4/c1-3-25(34-22-13-38-28-23(37)14-39-27(22)28)35-29-15(2)10-20(31)30(36-29)40-24-9-6-17-11-18(12-21(33)26(17)24)16-4-7-19(32)8-5-16/h4-5,7-8,10-12,22-24,27-28,37H,3,6,9,13-14H2,1-2H3,(H,34,35,36)/t22?,23?,24?,27-,28-/m1/s1. The van der Waals surface area contributed by atoms with Gasteiger partial charge in [0.2, 0.25) is 5.88 Å². The molecule has 0 radical (unpaired) electrons. The van der Waals surface area contributed by atoms with E-state index in [1.165, 1.54) is 18.2 Å². The first kappa shape index (κ1) is 27.1. The van der Waals surface area contributed by atoms with Crippen LogP contribution in [0.5, 0.6) is 5.88 Å². The summed E-state index contributed by atoms with van der Waals surface area (Å²) >= 11 is 6.52. The summed E-state index contributed by atoms with van der Waals surface area (Å²) in [5.41, 5.74) is 3.58. The van der Waals surface area contributed by atoms with E-state index in [0.717, 1.165) is 16.7 Å². The molecule has 2 aliphatic heterocycles. The molecule has 2 aromatic carbocycles. The molecule has 40 heavy (non-hydrogen) atoms. The summed E-state index contributed by atoms with van der Waals surface area (Å²) in [7, 11) is 0. The van der Waals surface area contributed by atoms with Gasteiger partial charge in [-0.25, -0.2) is 8.78 Å². The van der Waals surface area contributed by atoms with Crippen LogP contribution in [0.1, 0.15) is 42.6 Å². The molecule has 0 saturated carbocycles. The highest BCUT2D eigenvalue weighted by Crippen LogP contribution is 2.41. The summed E-state index contributed by atoms with van der Waals surface area (Å²) in [5.74, 6) is 0.715. The van der Waals surface area contributed by atoms with Crippen molar-refractivity contribution in [1.29, 1.82) is 0 Å². The fraction of sp³-hybridized carbons (Fsp3) is 0.400. The van der Waals surface area contributed by atoms with Gasteiger partial charge in [-0.15, -0.1) is 0 Å². The number of nitrogens with zero attached hydrogens (tertiary/aromatic N) is 2. The van der Waals surface area contributed by atoms with E-state index >= 15 is 4.39 Å². The number of pyridine rings is 1. The van der Waals surface area contributed by atoms with Crippen molar-refractivity contribution in [2.24, 2.45) is 4.99 Å². The van der Waals surface area contributed by atoms with Crippen molar-refractivity contribution in [3.8, 4) is 17.0 Å². The van der Waals surface area contributed by atoms with Crippen LogP contribution in [0.25, 0.3) is 11.1 Å². The molecule has 5 atom stereocenters. The number of ether oxygens (including phenoxy) is 3. The van der Waals surface area contributed by atoms with Crippen LogP contribution in [0.4, 0.5) is 14.6 Å². The van der Waals surface area contributed by atoms with E-state index in [1.807, 2.05) is 19.9 Å². The topological polar surface area (TPSA) is 85.2 Å². The average molecular weight is 570 g/mol. The van der Waals surface area contributed by atoms with Gasteiger partial charge in [0.1, 0.15) is 58.8 Å². The van der Waals surface area contributed by atoms with Gasteiger partial charge < -0.3 is 24.6 Å². The maximum Gasteiger partial charge on any atom is 0.235 e. The van der Waals surface area contributed by atoms with E-state index in [2.05, 4.69) is 10.3 Å². The molecule has 0 bridgehead atoms. The molecule has 6 rings (SSSR count). The van der Waals surface area contributed by atoms with Crippen LogP contribution in [0.2, 0.25) is 5.02 Å². The molecule has 0 spiro atoms. The van der Waals surface area contributed by atoms with Crippen LogP contribution < -0.4 is 10.1 Å². The number of anilines is 1. The van der Waals surface area contributed by atoms with E-state index in [4.69, 9.17) is 30.8 Å². The summed E-state index contributed by atoms with van der Waals surface area (Å²) in [6.07, 6.45) is -0.00493. The summed E-state index contributed by atoms with van der Waals surface area (Å²) in [4.78, 5) is 9.45. The van der Waals surface area contributed by atoms with Gasteiger partial charge in [0.05, 0.1) is 13.2 Å². The number of aliphatic hydroxyl groups is 1. The first-order chi connectivity index (χ1) is 19.3. The fourth-order valence-corrected chi connectivity index (χ4v) is 5.88. The Hall–Kier alpha value is -3.11. The van der Waals surface area contributed by atoms with Gasteiger partial charge in [-0.05, 0) is 66.3 Å². The first-order valence-electron chi connectivity index (χ1n) is 13.5. The van der Waals surface area contributed by atoms with E-state index in [-0.39, 0.29) is 42.4 Å². The number of halogens is 3. The molecule has 3 unspecified atom stereocenters. The van der Waals surface area contributed by atoms with Gasteiger partial charge in [-0.2, -0.15) is 4.98 Å². The van der Waals surface area contributed by atoms with Crippen LogP contribution in [0, 0.1) is 18.6 Å². The third-order valence-corrected chi connectivity index (χ3v) is 7.97. The Labute approximate surface area is 236 Å². The highest BCUT2D eigenvalue weighted by atomic mass is 35.5. The second kappa shape index (κ2) is 11.0. The highest BCUT2D eigenvalue weighted by Gasteiger charge is 2.47. The third kappa shape index (κ3) is 5.19. The minimum atomic E-state index is -0.636. The highest BCUT2D eigenvalue weighted by molar-refractivity contribution is 6.32. The summed E-state index contributed by atoms with van der Waals surface area (Å²) < 4.78 is 46.3. The van der Waals surface area contributed by atoms with Crippen LogP contribution in [0.3, 0.4) is 0 Å². The predicted octanol–water partition coefficient (Wildman–Crippen LogP) is 5.80. The molecular formula is C30H30ClF2N3O4. The summed E-state index contributed by atoms with van der Waals surface area (Å²) in [6.45, 7) is 4.47. The van der Waals surface area contributed by atoms with Crippen molar-refractivity contribution in [2.75, 3.05) is 18.5 Å². The Morgan fingerprint density at radius 2 is 1.90 bits per heavy atom. The Bertz CT molecular complexity index is 1450. The molecule has 210 valence electrons. The zero-order valence-electron chi connectivity index (χ0n) is 22.2. The summed E-state index contributed by atoms with van der Waals surface area (Å²) in [5, 5.41) is 13.6. The van der Waals surface area contributed by atoms with E-state index in [0.29, 0.717) is 53.7 Å². The number of aliphatic hydroxyl groups excluding tert-OH is 1. The Kier molecular flexibility index (Phi) is 7.48. The van der Waals surface area contributed by atoms with Crippen molar-refractivity contribution in [1.82, 2.24) is 4.98 Å². The molecule has 2 saturated heterocycles. The number of benzene rings is 2. The smallest absolute Gasteiger partial charge is 0.235 e. The average Bonchev–Trinajstić information content (AvgIpc) is 3.64. The molecule has 10 heteroatoms. The van der Waals surface area contributed by atoms with Crippen molar-refractivity contribution >= 4 is 23.3 Å². The van der Waals surface area contributed by atoms with Gasteiger partial charge in [0, 0.05) is 12.0 Å². The van der Waals surface area contributed by atoms with E-state index in [1.54, 1.807) is 18.2 Å². The number of hydrogen-bond donors (Lipinski definition) is 2. The lowest BCUT2D eigenvalue weighted by molar-refractivity contribution is 0.0183. The summed E-state index contributed by atoms with van der Waals surface area (Å²) in [6, 6.07) is 10.9. The van der Waals surface area contributed by atoms with Crippen molar-refractivity contribution in [3.05, 3.63) is 75.8 Å². The normalized spacial score (nSPS) is 25.6. The minimum absolute atomic E-state index is 0.205. The Morgan fingerprint density at radius 3 is 2.67 bits per heavy atom. The molecule has 3 aromatic rings. The molecule has 3 heterocycles. The number of rotatable bonds is 6. The second-order valence-corrected chi connectivity index (χ2v) is 10.8. The lowest BCUT2D eigenvalue weighted by Gasteiger charge is -2.19. The number of nitrogens with one attached hydrogen (secondary N) is 1. The Balaban J connectivity index is 1.22. The van der Waals surface area contributed by atoms with Gasteiger partial charge in [0.15, 0.2) is 0 Å². The maximum atomic E-state index is 15.4. The van der Waals surface area contributed by atoms with Gasteiger partial charge in [-0.1, -0.05) is 36.7 Å². The van der Waals surface area contributed by atoms with Gasteiger partial charge in [0.25, 0.3) is 0 Å². The van der Waals surface area contributed by atoms with Crippen LogP contribution in [-0.2, 0) is 15.9 Å². The number of hydrogen-bond acceptors (Lipinski definition) is 6. The van der Waals surface area contributed by atoms with Crippen molar-refractivity contribution < 1.29 is 28.1 Å². The zero-order valence-corrected chi connectivity index (χ0v) is 22.9. The lowest BCUT2D eigenvalue weighted by atomic mass is 9.99. The SMILES string of the molecule is CCC(=NC1CO[C@@H]2C(O)CO[C@H]12)Nc1nc(OC2CCc3cc(-c4ccc(F)cc4)cc(F)c32)c(Cl)cc1C. The van der Waals surface area contributed by atoms with Crippen molar-refractivity contribution in [3.63, 3.8) is 0 Å². The monoisotopic (exact) mass is 569 g/mol. The molecule has 2 N–H and O–H groups in total. The molecule has 1 aromatic heterocycles. The largest absolute Gasteiger partial charge is 0.468 e. The molecule has 1 aliphatic carbocycles. The maximum absolute atomic E-state index is 15.4. The van der Waals surface area contributed by atoms with E-state index < -0.39 is 12.2 Å². The lowest BCUT2D eigenvalue weighted by Crippen LogP contribution is -2.31. The van der Waals surface area contributed by atoms with Crippen LogP contribution >= 0.6 is 11.6 Å². The van der Waals surface area contributed by atoms with Crippen LogP contribution in [0.15, 0.2) is 47.5 Å². The molecule has 0 amide bonds. The molecule has 3 aliphatic rings. The van der Waals surface area contributed by atoms with Crippen LogP contribution in [-0.4, -0.2) is 53.5 Å². The fourth-order valence-electron chi connectivity index (χ4n) is 5.63. The molecular weight excluding hydrogens is 540 g/mol. The number of aromatic nitrogens is 1. The first-order valence-corrected chi connectivity index (χ1v) is 13.9. The van der Waals surface area contributed by atoms with Gasteiger partial charge >= 0.3 is 0 Å².